The van der Waals surface area contributed by atoms with Crippen LogP contribution in [0.1, 0.15) is 31.4 Å². The molecule has 0 aromatic heterocycles. The van der Waals surface area contributed by atoms with Crippen LogP contribution in [-0.2, 0) is 17.7 Å². The number of halogens is 1. The van der Waals surface area contributed by atoms with Gasteiger partial charge in [-0.3, -0.25) is 0 Å². The predicted octanol–water partition coefficient (Wildman–Crippen LogP) is 4.64. The van der Waals surface area contributed by atoms with Gasteiger partial charge in [0.2, 0.25) is 0 Å². The van der Waals surface area contributed by atoms with Crippen LogP contribution in [0.4, 0.5) is 0 Å². The van der Waals surface area contributed by atoms with Crippen LogP contribution < -0.4 is 14.8 Å². The maximum atomic E-state index is 6.12. The Kier molecular flexibility index (Phi) is 8.17. The Morgan fingerprint density at radius 2 is 1.71 bits per heavy atom. The van der Waals surface area contributed by atoms with Gasteiger partial charge in [-0.2, -0.15) is 0 Å². The van der Waals surface area contributed by atoms with Gasteiger partial charge in [0.05, 0.1) is 26.4 Å². The average Bonchev–Trinajstić information content (AvgIpc) is 2.68. The van der Waals surface area contributed by atoms with Crippen molar-refractivity contribution in [3.8, 4) is 11.5 Å². The zero-order valence-electron chi connectivity index (χ0n) is 17.2. The van der Waals surface area contributed by atoms with Crippen LogP contribution in [0.15, 0.2) is 48.5 Å². The Morgan fingerprint density at radius 1 is 1.00 bits per heavy atom. The summed E-state index contributed by atoms with van der Waals surface area (Å²) < 4.78 is 16.9. The molecule has 4 nitrogen and oxygen atoms in total. The molecule has 2 atom stereocenters. The molecule has 1 saturated heterocycles. The maximum absolute atomic E-state index is 6.12. The van der Waals surface area contributed by atoms with Gasteiger partial charge in [0.1, 0.15) is 0 Å². The van der Waals surface area contributed by atoms with Crippen molar-refractivity contribution in [3.63, 3.8) is 0 Å². The summed E-state index contributed by atoms with van der Waals surface area (Å²) in [6, 6.07) is 17.2. The molecule has 0 bridgehead atoms. The van der Waals surface area contributed by atoms with Gasteiger partial charge >= 0.3 is 0 Å². The summed E-state index contributed by atoms with van der Waals surface area (Å²) in [4.78, 5) is 0. The van der Waals surface area contributed by atoms with Crippen LogP contribution in [0.2, 0.25) is 0 Å². The Morgan fingerprint density at radius 3 is 2.39 bits per heavy atom. The van der Waals surface area contributed by atoms with Crippen molar-refractivity contribution in [2.75, 3.05) is 20.8 Å². The van der Waals surface area contributed by atoms with Gasteiger partial charge in [-0.05, 0) is 49.9 Å². The second kappa shape index (κ2) is 10.1. The van der Waals surface area contributed by atoms with Crippen molar-refractivity contribution in [1.29, 1.82) is 0 Å². The van der Waals surface area contributed by atoms with E-state index < -0.39 is 0 Å². The standard InChI is InChI=1S/C23H31NO3.ClH/c1-23(2)14-20(19(16-27-23)12-17-8-6-5-7-9-17)24-15-18-10-11-21(25-3)22(13-18)26-4;/h5-11,13,19-20,24H,12,14-16H2,1-4H3;1H. The van der Waals surface area contributed by atoms with E-state index in [0.29, 0.717) is 12.0 Å². The number of methoxy groups -OCH3 is 2. The van der Waals surface area contributed by atoms with Gasteiger partial charge in [-0.1, -0.05) is 36.4 Å². The quantitative estimate of drug-likeness (QED) is 0.728. The first-order chi connectivity index (χ1) is 13.0. The Hall–Kier alpha value is -1.75. The van der Waals surface area contributed by atoms with E-state index in [9.17, 15) is 0 Å². The fraction of sp³-hybridized carbons (Fsp3) is 0.478. The number of benzene rings is 2. The summed E-state index contributed by atoms with van der Waals surface area (Å²) in [5, 5.41) is 3.78. The first-order valence-electron chi connectivity index (χ1n) is 9.63. The molecule has 2 unspecified atom stereocenters. The van der Waals surface area contributed by atoms with E-state index in [1.165, 1.54) is 11.1 Å². The Balaban J connectivity index is 0.00000280. The first-order valence-corrected chi connectivity index (χ1v) is 9.63. The van der Waals surface area contributed by atoms with E-state index >= 15 is 0 Å². The minimum absolute atomic E-state index is 0. The summed E-state index contributed by atoms with van der Waals surface area (Å²) >= 11 is 0. The molecular formula is C23H32ClNO3. The molecule has 3 rings (SSSR count). The fourth-order valence-corrected chi connectivity index (χ4v) is 3.80. The van der Waals surface area contributed by atoms with Crippen molar-refractivity contribution in [2.45, 2.75) is 44.9 Å². The van der Waals surface area contributed by atoms with E-state index in [1.54, 1.807) is 14.2 Å². The molecule has 1 heterocycles. The third-order valence-electron chi connectivity index (χ3n) is 5.33. The molecule has 5 heteroatoms. The molecule has 154 valence electrons. The van der Waals surface area contributed by atoms with Crippen LogP contribution >= 0.6 is 12.4 Å². The third kappa shape index (κ3) is 5.87. The molecule has 2 aromatic carbocycles. The Labute approximate surface area is 175 Å². The summed E-state index contributed by atoms with van der Waals surface area (Å²) in [7, 11) is 3.33. The molecule has 28 heavy (non-hydrogen) atoms. The lowest BCUT2D eigenvalue weighted by atomic mass is 9.83. The highest BCUT2D eigenvalue weighted by atomic mass is 35.5. The van der Waals surface area contributed by atoms with Gasteiger partial charge in [0.15, 0.2) is 11.5 Å². The molecule has 0 amide bonds. The number of rotatable bonds is 7. The van der Waals surface area contributed by atoms with Gasteiger partial charge in [-0.25, -0.2) is 0 Å². The van der Waals surface area contributed by atoms with Crippen LogP contribution in [0.5, 0.6) is 11.5 Å². The highest BCUT2D eigenvalue weighted by molar-refractivity contribution is 5.85. The lowest BCUT2D eigenvalue weighted by molar-refractivity contribution is -0.0906. The van der Waals surface area contributed by atoms with Gasteiger partial charge in [-0.15, -0.1) is 12.4 Å². The minimum Gasteiger partial charge on any atom is -0.493 e. The van der Waals surface area contributed by atoms with E-state index in [-0.39, 0.29) is 18.0 Å². The van der Waals surface area contributed by atoms with Crippen LogP contribution in [-0.4, -0.2) is 32.5 Å². The topological polar surface area (TPSA) is 39.7 Å². The molecule has 1 aliphatic heterocycles. The first kappa shape index (κ1) is 22.5. The molecule has 1 fully saturated rings. The molecule has 1 N–H and O–H groups in total. The zero-order valence-corrected chi connectivity index (χ0v) is 18.1. The molecule has 0 spiro atoms. The molecular weight excluding hydrogens is 374 g/mol. The second-order valence-electron chi connectivity index (χ2n) is 7.90. The van der Waals surface area contributed by atoms with E-state index in [1.807, 2.05) is 12.1 Å². The Bertz CT molecular complexity index is 736. The zero-order chi connectivity index (χ0) is 19.3. The highest BCUT2D eigenvalue weighted by Gasteiger charge is 2.35. The predicted molar refractivity (Wildman–Crippen MR) is 116 cm³/mol. The largest absolute Gasteiger partial charge is 0.493 e. The molecule has 0 saturated carbocycles. The second-order valence-corrected chi connectivity index (χ2v) is 7.90. The molecule has 0 aliphatic carbocycles. The fourth-order valence-electron chi connectivity index (χ4n) is 3.80. The van der Waals surface area contributed by atoms with Crippen molar-refractivity contribution in [2.24, 2.45) is 5.92 Å². The maximum Gasteiger partial charge on any atom is 0.161 e. The van der Waals surface area contributed by atoms with E-state index in [0.717, 1.165) is 37.5 Å². The van der Waals surface area contributed by atoms with Crippen molar-refractivity contribution in [3.05, 3.63) is 59.7 Å². The number of hydrogen-bond donors (Lipinski definition) is 1. The van der Waals surface area contributed by atoms with Crippen molar-refractivity contribution >= 4 is 12.4 Å². The summed E-state index contributed by atoms with van der Waals surface area (Å²) in [5.41, 5.74) is 2.46. The third-order valence-corrected chi connectivity index (χ3v) is 5.33. The lowest BCUT2D eigenvalue weighted by Gasteiger charge is -2.41. The van der Waals surface area contributed by atoms with Gasteiger partial charge in [0, 0.05) is 18.5 Å². The molecule has 2 aromatic rings. The molecule has 0 radical (unpaired) electrons. The van der Waals surface area contributed by atoms with Crippen molar-refractivity contribution in [1.82, 2.24) is 5.32 Å². The molecule has 1 aliphatic rings. The number of nitrogens with one attached hydrogen (secondary N) is 1. The summed E-state index contributed by atoms with van der Waals surface area (Å²) in [5.74, 6) is 1.99. The summed E-state index contributed by atoms with van der Waals surface area (Å²) in [6.07, 6.45) is 2.03. The van der Waals surface area contributed by atoms with Crippen LogP contribution in [0, 0.1) is 5.92 Å². The van der Waals surface area contributed by atoms with Gasteiger partial charge in [0.25, 0.3) is 0 Å². The normalized spacial score (nSPS) is 20.9. The van der Waals surface area contributed by atoms with Crippen LogP contribution in [0.25, 0.3) is 0 Å². The lowest BCUT2D eigenvalue weighted by Crippen LogP contribution is -2.50. The average molecular weight is 406 g/mol. The smallest absolute Gasteiger partial charge is 0.161 e. The van der Waals surface area contributed by atoms with Crippen LogP contribution in [0.3, 0.4) is 0 Å². The SMILES string of the molecule is COc1ccc(CNC2CC(C)(C)OCC2Cc2ccccc2)cc1OC.Cl. The monoisotopic (exact) mass is 405 g/mol. The summed E-state index contributed by atoms with van der Waals surface area (Å²) in [6.45, 7) is 5.94. The highest BCUT2D eigenvalue weighted by Crippen LogP contribution is 2.31. The van der Waals surface area contributed by atoms with Gasteiger partial charge < -0.3 is 19.5 Å². The number of hydrogen-bond acceptors (Lipinski definition) is 4. The number of ether oxygens (including phenoxy) is 3. The van der Waals surface area contributed by atoms with Crippen molar-refractivity contribution < 1.29 is 14.2 Å². The van der Waals surface area contributed by atoms with E-state index in [2.05, 4.69) is 55.6 Å². The minimum atomic E-state index is -0.0948. The van der Waals surface area contributed by atoms with E-state index in [4.69, 9.17) is 14.2 Å².